The van der Waals surface area contributed by atoms with Crippen molar-refractivity contribution in [3.63, 3.8) is 0 Å². The van der Waals surface area contributed by atoms with Gasteiger partial charge in [0.2, 0.25) is 0 Å². The molecule has 1 fully saturated rings. The molecule has 48 heavy (non-hydrogen) atoms. The lowest BCUT2D eigenvalue weighted by Gasteiger charge is -2.36. The second-order valence-electron chi connectivity index (χ2n) is 14.2. The lowest BCUT2D eigenvalue weighted by Crippen LogP contribution is -2.40. The van der Waals surface area contributed by atoms with Crippen LogP contribution in [0, 0.1) is 0 Å². The average Bonchev–Trinajstić information content (AvgIpc) is 3.06. The van der Waals surface area contributed by atoms with Gasteiger partial charge in [0.05, 0.1) is 12.3 Å². The summed E-state index contributed by atoms with van der Waals surface area (Å²) in [5.74, 6) is 0.706. The Bertz CT molecular complexity index is 1420. The summed E-state index contributed by atoms with van der Waals surface area (Å²) in [5.41, 5.74) is 3.47. The molecule has 2 N–H and O–H groups in total. The fourth-order valence-electron chi connectivity index (χ4n) is 5.42. The molecule has 8 nitrogen and oxygen atoms in total. The molecule has 9 heteroatoms. The standard InChI is InChI=1S/C39H54N2O6Si/c1-39(2,3)48(4,5)46-27-15-7-6-14-26-44-34-24-25-35(31-18-12-9-13-19-31)36(28-34)41-38(43)47-33-22-20-32(21-23-33)40-37(42)45-29-30-16-10-8-11-17-30/h8-13,16-19,24-25,28,32-33H,6-7,14-15,20-23,26-27,29H2,1-5H3,(H,40,42)(H,41,43)/t32-,33-. The topological polar surface area (TPSA) is 95.1 Å². The van der Waals surface area contributed by atoms with E-state index in [0.717, 1.165) is 49.0 Å². The van der Waals surface area contributed by atoms with Crippen LogP contribution in [-0.4, -0.2) is 45.9 Å². The lowest BCUT2D eigenvalue weighted by molar-refractivity contribution is 0.0761. The minimum atomic E-state index is -1.69. The van der Waals surface area contributed by atoms with Crippen LogP contribution < -0.4 is 15.4 Å². The van der Waals surface area contributed by atoms with Crippen molar-refractivity contribution in [3.8, 4) is 16.9 Å². The zero-order valence-electron chi connectivity index (χ0n) is 29.4. The Kier molecular flexibility index (Phi) is 13.9. The number of carbonyl (C=O) groups excluding carboxylic acids is 2. The van der Waals surface area contributed by atoms with E-state index in [0.29, 0.717) is 43.7 Å². The highest BCUT2D eigenvalue weighted by Crippen LogP contribution is 2.37. The number of benzene rings is 3. The van der Waals surface area contributed by atoms with Gasteiger partial charge < -0.3 is 24.0 Å². The molecule has 1 aliphatic rings. The highest BCUT2D eigenvalue weighted by Gasteiger charge is 2.36. The first-order chi connectivity index (χ1) is 23.0. The number of rotatable bonds is 15. The Morgan fingerprint density at radius 1 is 0.792 bits per heavy atom. The zero-order chi connectivity index (χ0) is 34.4. The van der Waals surface area contributed by atoms with Crippen LogP contribution in [0.2, 0.25) is 18.1 Å². The Hall–Kier alpha value is -3.82. The maximum atomic E-state index is 13.1. The number of hydrogen-bond acceptors (Lipinski definition) is 6. The molecule has 2 amide bonds. The second-order valence-corrected chi connectivity index (χ2v) is 19.0. The molecule has 4 rings (SSSR count). The van der Waals surface area contributed by atoms with Crippen molar-refractivity contribution in [2.75, 3.05) is 18.5 Å². The van der Waals surface area contributed by atoms with Crippen LogP contribution in [0.4, 0.5) is 15.3 Å². The van der Waals surface area contributed by atoms with E-state index in [1.807, 2.05) is 78.9 Å². The van der Waals surface area contributed by atoms with Crippen LogP contribution in [0.15, 0.2) is 78.9 Å². The normalized spacial score (nSPS) is 16.5. The minimum absolute atomic E-state index is 0.00897. The summed E-state index contributed by atoms with van der Waals surface area (Å²) >= 11 is 0. The molecule has 3 aromatic rings. The third-order valence-corrected chi connectivity index (χ3v) is 13.9. The van der Waals surface area contributed by atoms with Gasteiger partial charge in [-0.2, -0.15) is 0 Å². The number of carbonyl (C=O) groups is 2. The summed E-state index contributed by atoms with van der Waals surface area (Å²) in [6, 6.07) is 25.3. The third-order valence-electron chi connectivity index (χ3n) is 9.37. The fraction of sp³-hybridized carbons (Fsp3) is 0.487. The number of anilines is 1. The number of alkyl carbamates (subject to hydrolysis) is 1. The Morgan fingerprint density at radius 3 is 2.10 bits per heavy atom. The van der Waals surface area contributed by atoms with Crippen molar-refractivity contribution in [3.05, 3.63) is 84.4 Å². The van der Waals surface area contributed by atoms with Crippen LogP contribution >= 0.6 is 0 Å². The van der Waals surface area contributed by atoms with E-state index in [4.69, 9.17) is 18.6 Å². The van der Waals surface area contributed by atoms with E-state index in [2.05, 4.69) is 44.5 Å². The molecule has 1 aliphatic carbocycles. The summed E-state index contributed by atoms with van der Waals surface area (Å²) in [4.78, 5) is 25.4. The molecule has 0 unspecified atom stereocenters. The summed E-state index contributed by atoms with van der Waals surface area (Å²) in [6.07, 6.45) is 5.79. The number of unbranched alkanes of at least 4 members (excludes halogenated alkanes) is 3. The lowest BCUT2D eigenvalue weighted by atomic mass is 9.93. The first kappa shape index (κ1) is 37.0. The van der Waals surface area contributed by atoms with Gasteiger partial charge >= 0.3 is 12.2 Å². The highest BCUT2D eigenvalue weighted by atomic mass is 28.4. The van der Waals surface area contributed by atoms with Crippen molar-refractivity contribution < 1.29 is 28.2 Å². The number of ether oxygens (including phenoxy) is 3. The minimum Gasteiger partial charge on any atom is -0.494 e. The van der Waals surface area contributed by atoms with Crippen molar-refractivity contribution in [1.82, 2.24) is 5.32 Å². The molecule has 0 spiro atoms. The maximum absolute atomic E-state index is 13.1. The largest absolute Gasteiger partial charge is 0.494 e. The second kappa shape index (κ2) is 18.1. The molecular weight excluding hydrogens is 621 g/mol. The van der Waals surface area contributed by atoms with E-state index in [1.165, 1.54) is 0 Å². The summed E-state index contributed by atoms with van der Waals surface area (Å²) in [7, 11) is -1.69. The number of amides is 2. The predicted molar refractivity (Wildman–Crippen MR) is 195 cm³/mol. The van der Waals surface area contributed by atoms with E-state index in [-0.39, 0.29) is 23.8 Å². The van der Waals surface area contributed by atoms with Crippen molar-refractivity contribution in [2.45, 2.75) is 109 Å². The molecular formula is C39H54N2O6Si. The van der Waals surface area contributed by atoms with Gasteiger partial charge in [-0.25, -0.2) is 9.59 Å². The van der Waals surface area contributed by atoms with Crippen LogP contribution in [0.3, 0.4) is 0 Å². The van der Waals surface area contributed by atoms with Crippen molar-refractivity contribution in [1.29, 1.82) is 0 Å². The fourth-order valence-corrected chi connectivity index (χ4v) is 6.51. The monoisotopic (exact) mass is 674 g/mol. The maximum Gasteiger partial charge on any atom is 0.411 e. The molecule has 0 atom stereocenters. The molecule has 0 saturated heterocycles. The third kappa shape index (κ3) is 12.0. The Labute approximate surface area is 288 Å². The summed E-state index contributed by atoms with van der Waals surface area (Å²) in [5, 5.41) is 6.16. The average molecular weight is 675 g/mol. The molecule has 0 aliphatic heterocycles. The Balaban J connectivity index is 1.21. The van der Waals surface area contributed by atoms with Crippen molar-refractivity contribution >= 4 is 26.2 Å². The van der Waals surface area contributed by atoms with E-state index < -0.39 is 20.5 Å². The summed E-state index contributed by atoms with van der Waals surface area (Å²) in [6.45, 7) is 13.1. The molecule has 0 heterocycles. The van der Waals surface area contributed by atoms with Gasteiger partial charge in [0.1, 0.15) is 18.5 Å². The smallest absolute Gasteiger partial charge is 0.411 e. The van der Waals surface area contributed by atoms with Gasteiger partial charge in [-0.3, -0.25) is 5.32 Å². The molecule has 0 radical (unpaired) electrons. The first-order valence-corrected chi connectivity index (χ1v) is 20.3. The van der Waals surface area contributed by atoms with Gasteiger partial charge in [0, 0.05) is 24.3 Å². The molecule has 260 valence electrons. The van der Waals surface area contributed by atoms with Gasteiger partial charge in [-0.15, -0.1) is 0 Å². The van der Waals surface area contributed by atoms with Gasteiger partial charge in [-0.05, 0) is 86.3 Å². The van der Waals surface area contributed by atoms with Crippen LogP contribution in [-0.2, 0) is 20.5 Å². The van der Waals surface area contributed by atoms with Gasteiger partial charge in [0.25, 0.3) is 0 Å². The molecule has 1 saturated carbocycles. The summed E-state index contributed by atoms with van der Waals surface area (Å²) < 4.78 is 23.6. The SMILES string of the molecule is CC(C)(C)[Si](C)(C)OCCCCCCOc1ccc(-c2ccccc2)c(NC(=O)O[C@H]2CC[C@H](NC(=O)OCc3ccccc3)CC2)c1. The van der Waals surface area contributed by atoms with Crippen molar-refractivity contribution in [2.24, 2.45) is 0 Å². The van der Waals surface area contributed by atoms with E-state index in [1.54, 1.807) is 0 Å². The number of nitrogens with one attached hydrogen (secondary N) is 2. The van der Waals surface area contributed by atoms with Gasteiger partial charge in [-0.1, -0.05) is 87.9 Å². The van der Waals surface area contributed by atoms with Crippen LogP contribution in [0.25, 0.3) is 11.1 Å². The van der Waals surface area contributed by atoms with Gasteiger partial charge in [0.15, 0.2) is 8.32 Å². The molecule has 3 aromatic carbocycles. The van der Waals surface area contributed by atoms with E-state index in [9.17, 15) is 9.59 Å². The first-order valence-electron chi connectivity index (χ1n) is 17.4. The Morgan fingerprint density at radius 2 is 1.44 bits per heavy atom. The zero-order valence-corrected chi connectivity index (χ0v) is 30.4. The van der Waals surface area contributed by atoms with Crippen LogP contribution in [0.5, 0.6) is 5.75 Å². The van der Waals surface area contributed by atoms with E-state index >= 15 is 0 Å². The van der Waals surface area contributed by atoms with Crippen LogP contribution in [0.1, 0.15) is 77.7 Å². The predicted octanol–water partition coefficient (Wildman–Crippen LogP) is 10.1. The highest BCUT2D eigenvalue weighted by molar-refractivity contribution is 6.74. The molecule has 0 aromatic heterocycles. The molecule has 0 bridgehead atoms. The number of hydrogen-bond donors (Lipinski definition) is 2. The quantitative estimate of drug-likeness (QED) is 0.123.